The maximum atomic E-state index is 12.0. The fourth-order valence-electron chi connectivity index (χ4n) is 3.73. The van der Waals surface area contributed by atoms with E-state index in [0.29, 0.717) is 24.1 Å². The van der Waals surface area contributed by atoms with Gasteiger partial charge in [0.05, 0.1) is 25.5 Å². The summed E-state index contributed by atoms with van der Waals surface area (Å²) in [5.74, 6) is -4.27. The van der Waals surface area contributed by atoms with Gasteiger partial charge in [0.25, 0.3) is 5.91 Å². The standard InChI is InChI=1S/C17H21N3O3S.2C2HF3O2/c21-17(14-2-1-6-22-14)19-8-15-13-3-5-20(9-12(13)11-23-15)10-16-18-4-7-24-16;2*3-2(4,5)1(6)7/h1-2,4,6-7,12-13,15H,3,5,8-11H2,(H,19,21);2*(H,6,7)/t12-,13-,15+;;/m1../s1. The van der Waals surface area contributed by atoms with Crippen molar-refractivity contribution in [3.05, 3.63) is 40.7 Å². The normalized spacial score (nSPS) is 21.3. The number of carboxylic acids is 2. The molecule has 0 aromatic carbocycles. The second-order valence-electron chi connectivity index (χ2n) is 8.04. The Balaban J connectivity index is 0.000000301. The second kappa shape index (κ2) is 13.6. The molecule has 3 N–H and O–H groups in total. The zero-order valence-corrected chi connectivity index (χ0v) is 20.2. The summed E-state index contributed by atoms with van der Waals surface area (Å²) in [6.07, 6.45) is -5.58. The molecule has 3 atom stereocenters. The summed E-state index contributed by atoms with van der Waals surface area (Å²) in [4.78, 5) is 36.6. The van der Waals surface area contributed by atoms with Crippen molar-refractivity contribution in [2.24, 2.45) is 11.8 Å². The number of piperidine rings is 1. The first-order chi connectivity index (χ1) is 17.7. The highest BCUT2D eigenvalue weighted by Crippen LogP contribution is 2.34. The number of hydrogen-bond acceptors (Lipinski definition) is 8. The summed E-state index contributed by atoms with van der Waals surface area (Å²) in [6.45, 7) is 4.37. The van der Waals surface area contributed by atoms with Gasteiger partial charge in [0.15, 0.2) is 5.76 Å². The molecule has 2 fully saturated rings. The fourth-order valence-corrected chi connectivity index (χ4v) is 4.38. The van der Waals surface area contributed by atoms with Crippen LogP contribution in [0, 0.1) is 11.8 Å². The number of halogens is 6. The van der Waals surface area contributed by atoms with Crippen molar-refractivity contribution in [1.29, 1.82) is 0 Å². The van der Waals surface area contributed by atoms with E-state index in [1.165, 1.54) is 11.3 Å². The third-order valence-corrected chi connectivity index (χ3v) is 6.18. The first-order valence-electron chi connectivity index (χ1n) is 10.8. The van der Waals surface area contributed by atoms with Gasteiger partial charge < -0.3 is 24.7 Å². The molecule has 2 aromatic rings. The van der Waals surface area contributed by atoms with Crippen LogP contribution in [-0.2, 0) is 20.9 Å². The minimum absolute atomic E-state index is 0.107. The van der Waals surface area contributed by atoms with E-state index in [9.17, 15) is 31.1 Å². The molecule has 2 saturated heterocycles. The SMILES string of the molecule is O=C(NC[C@@H]1OC[C@H]2CN(Cc3nccs3)CC[C@H]21)c1ccco1.O=C(O)C(F)(F)F.O=C(O)C(F)(F)F. The number of fused-ring (bicyclic) bond motifs is 1. The maximum Gasteiger partial charge on any atom is 0.490 e. The molecule has 212 valence electrons. The first kappa shape index (κ1) is 31.0. The lowest BCUT2D eigenvalue weighted by Crippen LogP contribution is -2.43. The molecule has 2 aliphatic heterocycles. The summed E-state index contributed by atoms with van der Waals surface area (Å²) >= 11 is 1.71. The van der Waals surface area contributed by atoms with Gasteiger partial charge in [0.1, 0.15) is 5.01 Å². The van der Waals surface area contributed by atoms with Crippen molar-refractivity contribution in [2.75, 3.05) is 26.2 Å². The largest absolute Gasteiger partial charge is 0.490 e. The molecule has 38 heavy (non-hydrogen) atoms. The van der Waals surface area contributed by atoms with Crippen LogP contribution in [0.5, 0.6) is 0 Å². The molecular formula is C21H23F6N3O7S. The van der Waals surface area contributed by atoms with Gasteiger partial charge in [-0.1, -0.05) is 0 Å². The molecular weight excluding hydrogens is 552 g/mol. The lowest BCUT2D eigenvalue weighted by atomic mass is 9.84. The van der Waals surface area contributed by atoms with Crippen LogP contribution < -0.4 is 5.32 Å². The Morgan fingerprint density at radius 1 is 1.13 bits per heavy atom. The van der Waals surface area contributed by atoms with Crippen molar-refractivity contribution in [3.63, 3.8) is 0 Å². The van der Waals surface area contributed by atoms with Crippen molar-refractivity contribution >= 4 is 29.2 Å². The summed E-state index contributed by atoms with van der Waals surface area (Å²) in [7, 11) is 0. The van der Waals surface area contributed by atoms with Crippen LogP contribution >= 0.6 is 11.3 Å². The topological polar surface area (TPSA) is 142 Å². The summed E-state index contributed by atoms with van der Waals surface area (Å²) in [6, 6.07) is 3.39. The number of aromatic nitrogens is 1. The van der Waals surface area contributed by atoms with Gasteiger partial charge in [0.2, 0.25) is 0 Å². The number of hydrogen-bond donors (Lipinski definition) is 3. The third kappa shape index (κ3) is 9.94. The van der Waals surface area contributed by atoms with E-state index in [1.54, 1.807) is 23.5 Å². The predicted molar refractivity (Wildman–Crippen MR) is 117 cm³/mol. The number of nitrogens with zero attached hydrogens (tertiary/aromatic N) is 2. The van der Waals surface area contributed by atoms with Crippen molar-refractivity contribution in [1.82, 2.24) is 15.2 Å². The molecule has 0 unspecified atom stereocenters. The van der Waals surface area contributed by atoms with E-state index < -0.39 is 24.3 Å². The Labute approximate surface area is 215 Å². The molecule has 4 heterocycles. The molecule has 1 amide bonds. The number of thiazole rings is 1. The van der Waals surface area contributed by atoms with Crippen molar-refractivity contribution in [3.8, 4) is 0 Å². The lowest BCUT2D eigenvalue weighted by molar-refractivity contribution is -0.193. The Hall–Kier alpha value is -3.18. The zero-order valence-electron chi connectivity index (χ0n) is 19.4. The van der Waals surface area contributed by atoms with E-state index in [-0.39, 0.29) is 12.0 Å². The number of nitrogens with one attached hydrogen (secondary N) is 1. The van der Waals surface area contributed by atoms with Crippen LogP contribution in [0.1, 0.15) is 22.0 Å². The zero-order chi connectivity index (χ0) is 28.5. The smallest absolute Gasteiger partial charge is 0.475 e. The van der Waals surface area contributed by atoms with Crippen LogP contribution in [0.15, 0.2) is 34.4 Å². The number of aliphatic carboxylic acids is 2. The minimum Gasteiger partial charge on any atom is -0.475 e. The molecule has 2 aromatic heterocycles. The minimum atomic E-state index is -5.08. The average Bonchev–Trinajstić information content (AvgIpc) is 3.59. The average molecular weight is 575 g/mol. The highest BCUT2D eigenvalue weighted by Gasteiger charge is 2.41. The number of carbonyl (C=O) groups is 3. The molecule has 0 spiro atoms. The van der Waals surface area contributed by atoms with Gasteiger partial charge in [-0.05, 0) is 31.0 Å². The third-order valence-electron chi connectivity index (χ3n) is 5.41. The van der Waals surface area contributed by atoms with E-state index in [4.69, 9.17) is 29.0 Å². The number of ether oxygens (including phenoxy) is 1. The van der Waals surface area contributed by atoms with E-state index in [1.807, 2.05) is 11.6 Å². The van der Waals surface area contributed by atoms with Crippen LogP contribution in [0.2, 0.25) is 0 Å². The number of alkyl halides is 6. The summed E-state index contributed by atoms with van der Waals surface area (Å²) in [5.41, 5.74) is 0. The molecule has 10 nitrogen and oxygen atoms in total. The fraction of sp³-hybridized carbons (Fsp3) is 0.524. The number of carboxylic acid groups (broad SMARTS) is 2. The Morgan fingerprint density at radius 3 is 2.26 bits per heavy atom. The lowest BCUT2D eigenvalue weighted by Gasteiger charge is -2.35. The van der Waals surface area contributed by atoms with Crippen molar-refractivity contribution in [2.45, 2.75) is 31.4 Å². The van der Waals surface area contributed by atoms with Crippen LogP contribution in [0.3, 0.4) is 0 Å². The molecule has 0 saturated carbocycles. The molecule has 4 rings (SSSR count). The molecule has 17 heteroatoms. The quantitative estimate of drug-likeness (QED) is 0.458. The number of rotatable bonds is 5. The van der Waals surface area contributed by atoms with Crippen LogP contribution in [0.4, 0.5) is 26.3 Å². The number of amides is 1. The highest BCUT2D eigenvalue weighted by molar-refractivity contribution is 7.09. The number of carbonyl (C=O) groups excluding carboxylic acids is 1. The Morgan fingerprint density at radius 2 is 1.76 bits per heavy atom. The monoisotopic (exact) mass is 575 g/mol. The van der Waals surface area contributed by atoms with Crippen molar-refractivity contribution < 1.29 is 60.1 Å². The van der Waals surface area contributed by atoms with Crippen LogP contribution in [0.25, 0.3) is 0 Å². The Kier molecular flexibility index (Phi) is 11.1. The molecule has 2 aliphatic rings. The van der Waals surface area contributed by atoms with Gasteiger partial charge in [0, 0.05) is 30.6 Å². The van der Waals surface area contributed by atoms with E-state index >= 15 is 0 Å². The van der Waals surface area contributed by atoms with Gasteiger partial charge >= 0.3 is 24.3 Å². The van der Waals surface area contributed by atoms with Gasteiger partial charge in [-0.3, -0.25) is 9.69 Å². The predicted octanol–water partition coefficient (Wildman–Crippen LogP) is 3.27. The number of likely N-dealkylation sites (tertiary alicyclic amines) is 1. The number of furan rings is 1. The molecule has 0 bridgehead atoms. The maximum absolute atomic E-state index is 12.0. The summed E-state index contributed by atoms with van der Waals surface area (Å²) < 4.78 is 74.6. The van der Waals surface area contributed by atoms with Gasteiger partial charge in [-0.2, -0.15) is 26.3 Å². The first-order valence-corrected chi connectivity index (χ1v) is 11.7. The highest BCUT2D eigenvalue weighted by atomic mass is 32.1. The summed E-state index contributed by atoms with van der Waals surface area (Å²) in [5, 5.41) is 20.4. The van der Waals surface area contributed by atoms with Gasteiger partial charge in [-0.15, -0.1) is 11.3 Å². The van der Waals surface area contributed by atoms with Gasteiger partial charge in [-0.25, -0.2) is 14.6 Å². The molecule has 0 aliphatic carbocycles. The molecule has 0 radical (unpaired) electrons. The van der Waals surface area contributed by atoms with Crippen LogP contribution in [-0.4, -0.2) is 82.6 Å². The second-order valence-corrected chi connectivity index (χ2v) is 9.02. The Bertz CT molecular complexity index is 1010. The van der Waals surface area contributed by atoms with E-state index in [0.717, 1.165) is 32.7 Å². The van der Waals surface area contributed by atoms with E-state index in [2.05, 4.69) is 15.2 Å².